The maximum atomic E-state index is 12.9. The van der Waals surface area contributed by atoms with Crippen LogP contribution in [0.15, 0.2) is 48.5 Å². The Hall–Kier alpha value is -3.56. The minimum absolute atomic E-state index is 0.0672. The van der Waals surface area contributed by atoms with Crippen molar-refractivity contribution < 1.29 is 22.7 Å². The van der Waals surface area contributed by atoms with Crippen LogP contribution < -0.4 is 20.7 Å². The summed E-state index contributed by atoms with van der Waals surface area (Å²) >= 11 is 0. The first-order valence-corrected chi connectivity index (χ1v) is 11.5. The van der Waals surface area contributed by atoms with E-state index in [9.17, 15) is 18.0 Å². The Morgan fingerprint density at radius 2 is 1.71 bits per heavy atom. The van der Waals surface area contributed by atoms with Gasteiger partial charge in [0.25, 0.3) is 0 Å². The number of aromatic nitrogens is 2. The molecule has 35 heavy (non-hydrogen) atoms. The van der Waals surface area contributed by atoms with Crippen LogP contribution >= 0.6 is 0 Å². The monoisotopic (exact) mass is 487 g/mol. The molecule has 0 spiro atoms. The fraction of sp³-hybridized carbons (Fsp3) is 0.400. The second-order valence-electron chi connectivity index (χ2n) is 9.00. The van der Waals surface area contributed by atoms with E-state index < -0.39 is 18.2 Å². The van der Waals surface area contributed by atoms with Crippen molar-refractivity contribution in [3.05, 3.63) is 54.1 Å². The van der Waals surface area contributed by atoms with Crippen molar-refractivity contribution in [2.45, 2.75) is 44.0 Å². The second kappa shape index (κ2) is 9.97. The van der Waals surface area contributed by atoms with E-state index in [1.54, 1.807) is 6.07 Å². The zero-order chi connectivity index (χ0) is 25.2. The Morgan fingerprint density at radius 3 is 2.37 bits per heavy atom. The Morgan fingerprint density at radius 1 is 1.06 bits per heavy atom. The molecule has 1 fully saturated rings. The van der Waals surface area contributed by atoms with E-state index >= 15 is 0 Å². The molecule has 10 heteroatoms. The van der Waals surface area contributed by atoms with Crippen molar-refractivity contribution in [3.63, 3.8) is 0 Å². The van der Waals surface area contributed by atoms with E-state index in [4.69, 9.17) is 5.73 Å². The molecule has 186 valence electrons. The molecule has 0 saturated heterocycles. The molecule has 0 radical (unpaired) electrons. The molecule has 3 aromatic rings. The molecule has 1 aliphatic carbocycles. The van der Waals surface area contributed by atoms with Gasteiger partial charge in [-0.2, -0.15) is 4.98 Å². The van der Waals surface area contributed by atoms with Crippen molar-refractivity contribution in [3.8, 4) is 5.75 Å². The summed E-state index contributed by atoms with van der Waals surface area (Å²) in [6.07, 6.45) is -2.24. The second-order valence-corrected chi connectivity index (χ2v) is 9.00. The minimum atomic E-state index is -4.86. The molecule has 1 aliphatic rings. The van der Waals surface area contributed by atoms with E-state index in [1.807, 2.05) is 43.3 Å². The lowest BCUT2D eigenvalue weighted by Gasteiger charge is -2.33. The molecule has 1 saturated carbocycles. The third-order valence-corrected chi connectivity index (χ3v) is 6.37. The molecule has 1 aromatic heterocycles. The van der Waals surface area contributed by atoms with Crippen molar-refractivity contribution in [1.29, 1.82) is 0 Å². The summed E-state index contributed by atoms with van der Waals surface area (Å²) in [5.74, 6) is -0.781. The lowest BCUT2D eigenvalue weighted by molar-refractivity contribution is -0.275. The predicted octanol–water partition coefficient (Wildman–Crippen LogP) is 4.83. The lowest BCUT2D eigenvalue weighted by atomic mass is 9.75. The first-order valence-electron chi connectivity index (χ1n) is 11.5. The summed E-state index contributed by atoms with van der Waals surface area (Å²) in [5.41, 5.74) is 6.67. The maximum absolute atomic E-state index is 12.9. The van der Waals surface area contributed by atoms with Gasteiger partial charge in [-0.05, 0) is 49.8 Å². The quantitative estimate of drug-likeness (QED) is 0.496. The summed E-state index contributed by atoms with van der Waals surface area (Å²) in [6, 6.07) is 13.6. The topological polar surface area (TPSA) is 93.4 Å². The summed E-state index contributed by atoms with van der Waals surface area (Å²) in [4.78, 5) is 23.6. The number of alkyl halides is 3. The van der Waals surface area contributed by atoms with Gasteiger partial charge in [0, 0.05) is 31.1 Å². The smallest absolute Gasteiger partial charge is 0.405 e. The number of hydrogen-bond acceptors (Lipinski definition) is 6. The number of carbonyl (C=O) groups excluding carboxylic acids is 1. The zero-order valence-electron chi connectivity index (χ0n) is 19.5. The van der Waals surface area contributed by atoms with Crippen LogP contribution in [0.5, 0.6) is 5.75 Å². The summed E-state index contributed by atoms with van der Waals surface area (Å²) in [7, 11) is 3.85. The average molecular weight is 488 g/mol. The number of nitrogens with two attached hydrogens (primary N) is 1. The summed E-state index contributed by atoms with van der Waals surface area (Å²) < 4.78 is 42.9. The van der Waals surface area contributed by atoms with E-state index in [0.29, 0.717) is 31.6 Å². The Labute approximate surface area is 201 Å². The Kier molecular flexibility index (Phi) is 7.00. The summed E-state index contributed by atoms with van der Waals surface area (Å²) in [5, 5.41) is 4.36. The molecule has 0 aliphatic heterocycles. The van der Waals surface area contributed by atoms with Gasteiger partial charge in [0.15, 0.2) is 0 Å². The predicted molar refractivity (Wildman–Crippen MR) is 128 cm³/mol. The molecular formula is C25H28F3N5O2. The number of benzene rings is 2. The molecule has 7 nitrogen and oxygen atoms in total. The molecule has 2 aromatic carbocycles. The average Bonchev–Trinajstić information content (AvgIpc) is 2.79. The van der Waals surface area contributed by atoms with E-state index in [-0.39, 0.29) is 23.3 Å². The zero-order valence-corrected chi connectivity index (χ0v) is 19.5. The van der Waals surface area contributed by atoms with Crippen molar-refractivity contribution >= 4 is 28.6 Å². The number of nitrogens with one attached hydrogen (secondary N) is 1. The fourth-order valence-corrected chi connectivity index (χ4v) is 4.84. The molecule has 3 N–H and O–H groups in total. The highest BCUT2D eigenvalue weighted by Crippen LogP contribution is 2.41. The largest absolute Gasteiger partial charge is 0.573 e. The number of carbonyl (C=O) groups is 1. The van der Waals surface area contributed by atoms with Gasteiger partial charge in [0.05, 0.1) is 11.4 Å². The van der Waals surface area contributed by atoms with Gasteiger partial charge < -0.3 is 20.7 Å². The lowest BCUT2D eigenvalue weighted by Crippen LogP contribution is -2.34. The number of para-hydroxylation sites is 2. The normalized spacial score (nSPS) is 19.2. The number of fused-ring (bicyclic) bond motifs is 1. The van der Waals surface area contributed by atoms with Gasteiger partial charge in [-0.1, -0.05) is 30.3 Å². The van der Waals surface area contributed by atoms with Crippen molar-refractivity contribution in [2.75, 3.05) is 24.3 Å². The van der Waals surface area contributed by atoms with Crippen LogP contribution in [0.3, 0.4) is 0 Å². The summed E-state index contributed by atoms with van der Waals surface area (Å²) in [6.45, 7) is 0. The van der Waals surface area contributed by atoms with Crippen LogP contribution in [0.4, 0.5) is 24.9 Å². The number of ether oxygens (including phenoxy) is 1. The van der Waals surface area contributed by atoms with Gasteiger partial charge in [-0.25, -0.2) is 4.98 Å². The third kappa shape index (κ3) is 5.75. The fourth-order valence-electron chi connectivity index (χ4n) is 4.84. The van der Waals surface area contributed by atoms with Crippen LogP contribution in [0.1, 0.15) is 37.2 Å². The molecule has 4 rings (SSSR count). The highest BCUT2D eigenvalue weighted by atomic mass is 19.4. The maximum Gasteiger partial charge on any atom is 0.573 e. The molecule has 1 atom stereocenters. The van der Waals surface area contributed by atoms with Crippen molar-refractivity contribution in [1.82, 2.24) is 9.97 Å². The molecule has 1 amide bonds. The number of hydrogen-bond donors (Lipinski definition) is 2. The number of nitrogens with zero attached hydrogens (tertiary/aromatic N) is 3. The standard InChI is InChI=1S/C25H28F3N5O2/c1-33(2)23-17-7-3-5-9-19(17)31-24(32-23)30-16-13-11-15(12-14-16)21(22(29)34)18-8-4-6-10-20(18)35-25(26,27)28/h3-10,15-16,21H,11-14H2,1-2H3,(H2,29,34)(H,30,31,32). The van der Waals surface area contributed by atoms with Crippen LogP contribution in [0.2, 0.25) is 0 Å². The van der Waals surface area contributed by atoms with Crippen LogP contribution in [-0.4, -0.2) is 42.4 Å². The Bertz CT molecular complexity index is 1190. The van der Waals surface area contributed by atoms with Gasteiger partial charge in [-0.15, -0.1) is 13.2 Å². The number of anilines is 2. The van der Waals surface area contributed by atoms with Gasteiger partial charge in [0.1, 0.15) is 11.6 Å². The van der Waals surface area contributed by atoms with Crippen LogP contribution in [0, 0.1) is 5.92 Å². The molecule has 1 unspecified atom stereocenters. The number of amides is 1. The molecular weight excluding hydrogens is 459 g/mol. The van der Waals surface area contributed by atoms with Crippen LogP contribution in [-0.2, 0) is 4.79 Å². The number of rotatable bonds is 7. The molecule has 0 bridgehead atoms. The highest BCUT2D eigenvalue weighted by molar-refractivity contribution is 5.90. The Balaban J connectivity index is 1.49. The van der Waals surface area contributed by atoms with Gasteiger partial charge >= 0.3 is 6.36 Å². The van der Waals surface area contributed by atoms with E-state index in [0.717, 1.165) is 16.7 Å². The number of halogens is 3. The first kappa shape index (κ1) is 24.6. The van der Waals surface area contributed by atoms with Gasteiger partial charge in [-0.3, -0.25) is 4.79 Å². The first-order chi connectivity index (χ1) is 16.6. The van der Waals surface area contributed by atoms with E-state index in [2.05, 4.69) is 20.0 Å². The molecule has 1 heterocycles. The van der Waals surface area contributed by atoms with Gasteiger partial charge in [0.2, 0.25) is 11.9 Å². The van der Waals surface area contributed by atoms with Crippen LogP contribution in [0.25, 0.3) is 10.9 Å². The SMILES string of the molecule is CN(C)c1nc(NC2CCC(C(C(N)=O)c3ccccc3OC(F)(F)F)CC2)nc2ccccc12. The third-order valence-electron chi connectivity index (χ3n) is 6.37. The minimum Gasteiger partial charge on any atom is -0.405 e. The van der Waals surface area contributed by atoms with Crippen molar-refractivity contribution in [2.24, 2.45) is 11.7 Å². The number of primary amides is 1. The van der Waals surface area contributed by atoms with E-state index in [1.165, 1.54) is 18.2 Å². The highest BCUT2D eigenvalue weighted by Gasteiger charge is 2.37.